The molecular formula is C15H11Cl2FIN5O. The molecule has 1 aromatic carbocycles. The molecule has 0 aliphatic rings. The van der Waals surface area contributed by atoms with Crippen molar-refractivity contribution in [1.82, 2.24) is 19.6 Å². The highest BCUT2D eigenvalue weighted by Crippen LogP contribution is 2.24. The average molecular weight is 494 g/mol. The molecule has 6 nitrogen and oxygen atoms in total. The van der Waals surface area contributed by atoms with Gasteiger partial charge in [-0.2, -0.15) is 10.2 Å². The van der Waals surface area contributed by atoms with Gasteiger partial charge in [-0.05, 0) is 34.7 Å². The third-order valence-corrected chi connectivity index (χ3v) is 4.75. The predicted octanol–water partition coefficient (Wildman–Crippen LogP) is 3.97. The van der Waals surface area contributed by atoms with Crippen LogP contribution in [0.25, 0.3) is 0 Å². The van der Waals surface area contributed by atoms with Crippen molar-refractivity contribution >= 4 is 57.5 Å². The van der Waals surface area contributed by atoms with Gasteiger partial charge in [-0.25, -0.2) is 4.39 Å². The van der Waals surface area contributed by atoms with Crippen LogP contribution in [0.3, 0.4) is 0 Å². The lowest BCUT2D eigenvalue weighted by Crippen LogP contribution is -2.15. The molecule has 0 unspecified atom stereocenters. The largest absolute Gasteiger partial charge is 0.302 e. The van der Waals surface area contributed by atoms with E-state index < -0.39 is 11.7 Å². The van der Waals surface area contributed by atoms with Crippen molar-refractivity contribution < 1.29 is 9.18 Å². The van der Waals surface area contributed by atoms with Crippen molar-refractivity contribution in [2.24, 2.45) is 7.05 Å². The third-order valence-electron chi connectivity index (χ3n) is 3.33. The third kappa shape index (κ3) is 3.96. The van der Waals surface area contributed by atoms with Crippen molar-refractivity contribution in [1.29, 1.82) is 0 Å². The molecule has 0 spiro atoms. The number of aromatic nitrogens is 4. The fourth-order valence-electron chi connectivity index (χ4n) is 2.19. The minimum Gasteiger partial charge on any atom is -0.302 e. The SMILES string of the molecule is Cn1cc(I)c(C(=O)Nc2nn(Cc3c(F)cccc3Cl)cc2Cl)n1. The van der Waals surface area contributed by atoms with E-state index in [1.165, 1.54) is 27.7 Å². The number of benzene rings is 1. The molecule has 2 aromatic heterocycles. The summed E-state index contributed by atoms with van der Waals surface area (Å²) in [5.74, 6) is -0.700. The van der Waals surface area contributed by atoms with E-state index in [0.29, 0.717) is 14.2 Å². The van der Waals surface area contributed by atoms with Gasteiger partial charge in [0.1, 0.15) is 10.8 Å². The quantitative estimate of drug-likeness (QED) is 0.559. The molecule has 0 atom stereocenters. The number of hydrogen-bond donors (Lipinski definition) is 1. The zero-order valence-electron chi connectivity index (χ0n) is 12.8. The number of amides is 1. The van der Waals surface area contributed by atoms with Crippen LogP contribution < -0.4 is 5.32 Å². The van der Waals surface area contributed by atoms with Gasteiger partial charge in [0.05, 0.1) is 10.1 Å². The summed E-state index contributed by atoms with van der Waals surface area (Å²) in [6.45, 7) is 0.0855. The average Bonchev–Trinajstić information content (AvgIpc) is 3.05. The lowest BCUT2D eigenvalue weighted by atomic mass is 10.2. The molecule has 130 valence electrons. The van der Waals surface area contributed by atoms with Crippen molar-refractivity contribution in [3.63, 3.8) is 0 Å². The van der Waals surface area contributed by atoms with Gasteiger partial charge in [0.2, 0.25) is 0 Å². The summed E-state index contributed by atoms with van der Waals surface area (Å²) < 4.78 is 17.5. The summed E-state index contributed by atoms with van der Waals surface area (Å²) in [7, 11) is 1.72. The molecule has 0 fully saturated rings. The number of hydrogen-bond acceptors (Lipinski definition) is 3. The van der Waals surface area contributed by atoms with Crippen LogP contribution in [0, 0.1) is 9.39 Å². The number of aryl methyl sites for hydroxylation is 1. The van der Waals surface area contributed by atoms with E-state index in [1.807, 2.05) is 22.6 Å². The molecule has 0 saturated carbocycles. The number of rotatable bonds is 4. The Labute approximate surface area is 166 Å². The summed E-state index contributed by atoms with van der Waals surface area (Å²) in [4.78, 5) is 12.3. The Hall–Kier alpha value is -1.65. The van der Waals surface area contributed by atoms with Crippen LogP contribution in [-0.2, 0) is 13.6 Å². The van der Waals surface area contributed by atoms with Crippen LogP contribution in [0.5, 0.6) is 0 Å². The van der Waals surface area contributed by atoms with Crippen molar-refractivity contribution in [2.45, 2.75) is 6.54 Å². The van der Waals surface area contributed by atoms with Gasteiger partial charge in [0, 0.05) is 30.0 Å². The molecule has 0 radical (unpaired) electrons. The van der Waals surface area contributed by atoms with Gasteiger partial charge < -0.3 is 5.32 Å². The van der Waals surface area contributed by atoms with Crippen molar-refractivity contribution in [2.75, 3.05) is 5.32 Å². The molecule has 0 saturated heterocycles. The first-order valence-electron chi connectivity index (χ1n) is 7.01. The lowest BCUT2D eigenvalue weighted by Gasteiger charge is -2.05. The normalized spacial score (nSPS) is 10.9. The maximum atomic E-state index is 13.9. The maximum Gasteiger partial charge on any atom is 0.278 e. The first kappa shape index (κ1) is 18.2. The van der Waals surface area contributed by atoms with E-state index >= 15 is 0 Å². The number of carbonyl (C=O) groups excluding carboxylic acids is 1. The number of nitrogens with zero attached hydrogens (tertiary/aromatic N) is 4. The molecule has 3 rings (SSSR count). The van der Waals surface area contributed by atoms with Crippen LogP contribution in [-0.4, -0.2) is 25.5 Å². The second-order valence-electron chi connectivity index (χ2n) is 5.18. The molecule has 1 amide bonds. The Kier molecular flexibility index (Phi) is 5.30. The second kappa shape index (κ2) is 7.30. The maximum absolute atomic E-state index is 13.9. The molecule has 0 aliphatic heterocycles. The topological polar surface area (TPSA) is 64.7 Å². The van der Waals surface area contributed by atoms with Crippen LogP contribution >= 0.6 is 45.8 Å². The summed E-state index contributed by atoms with van der Waals surface area (Å²) >= 11 is 14.1. The van der Waals surface area contributed by atoms with Gasteiger partial charge in [-0.3, -0.25) is 14.2 Å². The zero-order chi connectivity index (χ0) is 18.1. The number of halogens is 4. The van der Waals surface area contributed by atoms with Crippen LogP contribution in [0.2, 0.25) is 10.0 Å². The minimum absolute atomic E-state index is 0.0855. The van der Waals surface area contributed by atoms with Crippen molar-refractivity contribution in [3.05, 3.63) is 61.3 Å². The second-order valence-corrected chi connectivity index (χ2v) is 7.15. The highest BCUT2D eigenvalue weighted by Gasteiger charge is 2.18. The van der Waals surface area contributed by atoms with E-state index in [1.54, 1.807) is 19.3 Å². The molecule has 1 N–H and O–H groups in total. The van der Waals surface area contributed by atoms with Crippen LogP contribution in [0.4, 0.5) is 10.2 Å². The first-order chi connectivity index (χ1) is 11.8. The lowest BCUT2D eigenvalue weighted by molar-refractivity contribution is 0.102. The summed E-state index contributed by atoms with van der Waals surface area (Å²) in [5, 5.41) is 11.4. The van der Waals surface area contributed by atoms with E-state index in [-0.39, 0.29) is 23.1 Å². The number of carbonyl (C=O) groups is 1. The van der Waals surface area contributed by atoms with E-state index in [0.717, 1.165) is 0 Å². The minimum atomic E-state index is -0.437. The Morgan fingerprint density at radius 1 is 1.28 bits per heavy atom. The molecular weight excluding hydrogens is 483 g/mol. The van der Waals surface area contributed by atoms with E-state index in [2.05, 4.69) is 15.5 Å². The van der Waals surface area contributed by atoms with E-state index in [9.17, 15) is 9.18 Å². The number of anilines is 1. The molecule has 3 aromatic rings. The summed E-state index contributed by atoms with van der Waals surface area (Å²) in [5.41, 5.74) is 0.561. The summed E-state index contributed by atoms with van der Waals surface area (Å²) in [6, 6.07) is 4.44. The monoisotopic (exact) mass is 493 g/mol. The van der Waals surface area contributed by atoms with Crippen LogP contribution in [0.1, 0.15) is 16.1 Å². The Morgan fingerprint density at radius 2 is 2.04 bits per heavy atom. The van der Waals surface area contributed by atoms with E-state index in [4.69, 9.17) is 23.2 Å². The highest BCUT2D eigenvalue weighted by atomic mass is 127. The Morgan fingerprint density at radius 3 is 2.68 bits per heavy atom. The van der Waals surface area contributed by atoms with Gasteiger partial charge in [0.25, 0.3) is 5.91 Å². The fourth-order valence-corrected chi connectivity index (χ4v) is 3.36. The predicted molar refractivity (Wildman–Crippen MR) is 102 cm³/mol. The molecule has 2 heterocycles. The van der Waals surface area contributed by atoms with Gasteiger partial charge in [0.15, 0.2) is 11.5 Å². The number of nitrogens with one attached hydrogen (secondary N) is 1. The zero-order valence-corrected chi connectivity index (χ0v) is 16.5. The Bertz CT molecular complexity index is 935. The first-order valence-corrected chi connectivity index (χ1v) is 8.85. The van der Waals surface area contributed by atoms with Gasteiger partial charge in [-0.1, -0.05) is 29.3 Å². The van der Waals surface area contributed by atoms with Gasteiger partial charge in [-0.15, -0.1) is 0 Å². The standard InChI is InChI=1S/C15H11Cl2FIN5O/c1-23-7-12(19)13(21-23)15(25)20-14-10(17)6-24(22-14)5-8-9(16)3-2-4-11(8)18/h2-4,6-7H,5H2,1H3,(H,20,22,25). The fraction of sp³-hybridized carbons (Fsp3) is 0.133. The van der Waals surface area contributed by atoms with Crippen molar-refractivity contribution in [3.8, 4) is 0 Å². The van der Waals surface area contributed by atoms with Gasteiger partial charge >= 0.3 is 0 Å². The highest BCUT2D eigenvalue weighted by molar-refractivity contribution is 14.1. The molecule has 0 aliphatic carbocycles. The smallest absolute Gasteiger partial charge is 0.278 e. The molecule has 0 bridgehead atoms. The van der Waals surface area contributed by atoms with Crippen LogP contribution in [0.15, 0.2) is 30.6 Å². The molecule has 25 heavy (non-hydrogen) atoms. The summed E-state index contributed by atoms with van der Waals surface area (Å²) in [6.07, 6.45) is 3.21. The molecule has 10 heteroatoms. The Balaban J connectivity index is 1.81.